The number of halogens is 3. The molecule has 2 heterocycles. The molecule has 1 aromatic heterocycles. The first kappa shape index (κ1) is 21.9. The molecule has 2 aromatic rings. The number of amides is 1. The number of rotatable bonds is 3. The fourth-order valence-electron chi connectivity index (χ4n) is 3.18. The Bertz CT molecular complexity index is 854. The summed E-state index contributed by atoms with van der Waals surface area (Å²) in [5.41, 5.74) is 0.608. The number of piperidine rings is 1. The number of ether oxygens (including phenoxy) is 2. The van der Waals surface area contributed by atoms with E-state index in [9.17, 15) is 18.0 Å². The van der Waals surface area contributed by atoms with Crippen molar-refractivity contribution in [2.24, 2.45) is 0 Å². The van der Waals surface area contributed by atoms with E-state index in [1.54, 1.807) is 17.0 Å². The Balaban J connectivity index is 1.54. The van der Waals surface area contributed by atoms with Crippen LogP contribution < -0.4 is 4.74 Å². The largest absolute Gasteiger partial charge is 0.454 e. The number of benzene rings is 1. The van der Waals surface area contributed by atoms with E-state index in [0.717, 1.165) is 30.8 Å². The van der Waals surface area contributed by atoms with Gasteiger partial charge in [0, 0.05) is 13.1 Å². The molecule has 1 fully saturated rings. The van der Waals surface area contributed by atoms with E-state index in [0.29, 0.717) is 24.8 Å². The quantitative estimate of drug-likeness (QED) is 0.661. The van der Waals surface area contributed by atoms with Crippen LogP contribution in [0.3, 0.4) is 0 Å². The third kappa shape index (κ3) is 5.84. The number of carbonyl (C=O) groups is 1. The first-order chi connectivity index (χ1) is 14.0. The molecule has 9 heteroatoms. The molecule has 1 aliphatic heterocycles. The number of hydrogen-bond donors (Lipinski definition) is 0. The molecule has 0 bridgehead atoms. The molecule has 1 amide bonds. The summed E-state index contributed by atoms with van der Waals surface area (Å²) in [5, 5.41) is 0. The van der Waals surface area contributed by atoms with Crippen LogP contribution >= 0.6 is 0 Å². The molecule has 0 spiro atoms. The second-order valence-electron chi connectivity index (χ2n) is 8.15. The standard InChI is InChI=1S/C21H24F3N3O3/c1-20(2,3)30-19(28)27-10-8-15(9-11-27)14-4-6-16(7-5-14)29-17-12-25-18(26-13-17)21(22,23)24/h4-7,12-13,15H,8-11H2,1-3H3. The van der Waals surface area contributed by atoms with E-state index in [4.69, 9.17) is 9.47 Å². The molecule has 1 aromatic carbocycles. The smallest absolute Gasteiger partial charge is 0.451 e. The lowest BCUT2D eigenvalue weighted by atomic mass is 9.89. The minimum absolute atomic E-state index is 0.126. The number of nitrogens with zero attached hydrogens (tertiary/aromatic N) is 3. The topological polar surface area (TPSA) is 64.5 Å². The van der Waals surface area contributed by atoms with E-state index >= 15 is 0 Å². The second-order valence-corrected chi connectivity index (χ2v) is 8.15. The van der Waals surface area contributed by atoms with Crippen molar-refractivity contribution in [3.05, 3.63) is 48.0 Å². The molecule has 30 heavy (non-hydrogen) atoms. The van der Waals surface area contributed by atoms with Gasteiger partial charge in [0.2, 0.25) is 5.82 Å². The molecule has 0 unspecified atom stereocenters. The van der Waals surface area contributed by atoms with Crippen LogP contribution in [0.1, 0.15) is 50.9 Å². The van der Waals surface area contributed by atoms with Crippen molar-refractivity contribution in [2.75, 3.05) is 13.1 Å². The third-order valence-electron chi connectivity index (χ3n) is 4.62. The third-order valence-corrected chi connectivity index (χ3v) is 4.62. The average molecular weight is 423 g/mol. The zero-order valence-electron chi connectivity index (χ0n) is 17.1. The number of hydrogen-bond acceptors (Lipinski definition) is 5. The maximum absolute atomic E-state index is 12.5. The Morgan fingerprint density at radius 1 is 1.00 bits per heavy atom. The average Bonchev–Trinajstić information content (AvgIpc) is 2.67. The first-order valence-corrected chi connectivity index (χ1v) is 9.66. The molecule has 0 N–H and O–H groups in total. The molecule has 1 aliphatic rings. The fourth-order valence-corrected chi connectivity index (χ4v) is 3.18. The van der Waals surface area contributed by atoms with Gasteiger partial charge in [-0.3, -0.25) is 0 Å². The first-order valence-electron chi connectivity index (χ1n) is 9.66. The van der Waals surface area contributed by atoms with Crippen LogP contribution in [0.2, 0.25) is 0 Å². The minimum Gasteiger partial charge on any atom is -0.454 e. The summed E-state index contributed by atoms with van der Waals surface area (Å²) in [4.78, 5) is 20.4. The van der Waals surface area contributed by atoms with Crippen molar-refractivity contribution in [1.29, 1.82) is 0 Å². The molecule has 0 atom stereocenters. The van der Waals surface area contributed by atoms with Crippen LogP contribution in [-0.2, 0) is 10.9 Å². The molecule has 0 saturated carbocycles. The molecular weight excluding hydrogens is 399 g/mol. The van der Waals surface area contributed by atoms with E-state index in [1.807, 2.05) is 32.9 Å². The lowest BCUT2D eigenvalue weighted by Crippen LogP contribution is -2.41. The van der Waals surface area contributed by atoms with E-state index in [-0.39, 0.29) is 11.8 Å². The maximum atomic E-state index is 12.5. The Labute approximate surface area is 173 Å². The Hall–Kier alpha value is -2.84. The molecule has 1 saturated heterocycles. The lowest BCUT2D eigenvalue weighted by Gasteiger charge is -2.33. The summed E-state index contributed by atoms with van der Waals surface area (Å²) in [6.07, 6.45) is -1.23. The van der Waals surface area contributed by atoms with Crippen LogP contribution in [0.4, 0.5) is 18.0 Å². The summed E-state index contributed by atoms with van der Waals surface area (Å²) >= 11 is 0. The van der Waals surface area contributed by atoms with Crippen molar-refractivity contribution in [3.8, 4) is 11.5 Å². The highest BCUT2D eigenvalue weighted by Gasteiger charge is 2.34. The second kappa shape index (κ2) is 8.49. The van der Waals surface area contributed by atoms with Crippen LogP contribution in [0.15, 0.2) is 36.7 Å². The van der Waals surface area contributed by atoms with Crippen molar-refractivity contribution < 1.29 is 27.4 Å². The van der Waals surface area contributed by atoms with Gasteiger partial charge >= 0.3 is 12.3 Å². The number of alkyl halides is 3. The highest BCUT2D eigenvalue weighted by molar-refractivity contribution is 5.68. The predicted molar refractivity (Wildman–Crippen MR) is 103 cm³/mol. The van der Waals surface area contributed by atoms with Gasteiger partial charge < -0.3 is 14.4 Å². The van der Waals surface area contributed by atoms with Gasteiger partial charge in [-0.1, -0.05) is 12.1 Å². The maximum Gasteiger partial charge on any atom is 0.451 e. The molecule has 3 rings (SSSR count). The summed E-state index contributed by atoms with van der Waals surface area (Å²) < 4.78 is 48.5. The molecule has 0 radical (unpaired) electrons. The molecule has 0 aliphatic carbocycles. The number of carbonyl (C=O) groups excluding carboxylic acids is 1. The SMILES string of the molecule is CC(C)(C)OC(=O)N1CCC(c2ccc(Oc3cnc(C(F)(F)F)nc3)cc2)CC1. The van der Waals surface area contributed by atoms with Gasteiger partial charge in [-0.2, -0.15) is 13.2 Å². The molecule has 6 nitrogen and oxygen atoms in total. The van der Waals surface area contributed by atoms with Crippen LogP contribution in [0.25, 0.3) is 0 Å². The van der Waals surface area contributed by atoms with Crippen LogP contribution in [-0.4, -0.2) is 39.7 Å². The summed E-state index contributed by atoms with van der Waals surface area (Å²) in [7, 11) is 0. The van der Waals surface area contributed by atoms with E-state index < -0.39 is 17.6 Å². The molecular formula is C21H24F3N3O3. The van der Waals surface area contributed by atoms with Gasteiger partial charge in [-0.15, -0.1) is 0 Å². The van der Waals surface area contributed by atoms with Crippen molar-refractivity contribution >= 4 is 6.09 Å². The van der Waals surface area contributed by atoms with Gasteiger partial charge in [0.25, 0.3) is 0 Å². The monoisotopic (exact) mass is 423 g/mol. The number of aromatic nitrogens is 2. The number of likely N-dealkylation sites (tertiary alicyclic amines) is 1. The Morgan fingerprint density at radius 2 is 1.57 bits per heavy atom. The van der Waals surface area contributed by atoms with Gasteiger partial charge in [0.05, 0.1) is 12.4 Å². The van der Waals surface area contributed by atoms with Crippen molar-refractivity contribution in [2.45, 2.75) is 51.3 Å². The van der Waals surface area contributed by atoms with Gasteiger partial charge in [0.1, 0.15) is 11.4 Å². The predicted octanol–water partition coefficient (Wildman–Crippen LogP) is 5.40. The van der Waals surface area contributed by atoms with Crippen LogP contribution in [0, 0.1) is 0 Å². The van der Waals surface area contributed by atoms with Crippen molar-refractivity contribution in [1.82, 2.24) is 14.9 Å². The summed E-state index contributed by atoms with van der Waals surface area (Å²) in [6, 6.07) is 7.36. The Morgan fingerprint density at radius 3 is 2.07 bits per heavy atom. The van der Waals surface area contributed by atoms with E-state index in [2.05, 4.69) is 9.97 Å². The highest BCUT2D eigenvalue weighted by atomic mass is 19.4. The van der Waals surface area contributed by atoms with Crippen LogP contribution in [0.5, 0.6) is 11.5 Å². The van der Waals surface area contributed by atoms with Gasteiger partial charge in [-0.05, 0) is 57.2 Å². The van der Waals surface area contributed by atoms with Crippen molar-refractivity contribution in [3.63, 3.8) is 0 Å². The fraction of sp³-hybridized carbons (Fsp3) is 0.476. The summed E-state index contributed by atoms with van der Waals surface area (Å²) in [5.74, 6) is -0.287. The van der Waals surface area contributed by atoms with Gasteiger partial charge in [-0.25, -0.2) is 14.8 Å². The van der Waals surface area contributed by atoms with Gasteiger partial charge in [0.15, 0.2) is 5.75 Å². The lowest BCUT2D eigenvalue weighted by molar-refractivity contribution is -0.145. The minimum atomic E-state index is -4.58. The highest BCUT2D eigenvalue weighted by Crippen LogP contribution is 2.31. The van der Waals surface area contributed by atoms with E-state index in [1.165, 1.54) is 0 Å². The zero-order chi connectivity index (χ0) is 21.9. The Kier molecular flexibility index (Phi) is 6.19. The summed E-state index contributed by atoms with van der Waals surface area (Å²) in [6.45, 7) is 6.79. The normalized spacial score (nSPS) is 15.7. The molecule has 162 valence electrons. The zero-order valence-corrected chi connectivity index (χ0v) is 17.1.